The molecule has 68 heavy (non-hydrogen) atoms. The van der Waals surface area contributed by atoms with Crippen molar-refractivity contribution in [1.29, 1.82) is 0 Å². The van der Waals surface area contributed by atoms with Crippen molar-refractivity contribution in [2.24, 2.45) is 0 Å². The average molecular weight is 904 g/mol. The van der Waals surface area contributed by atoms with Crippen LogP contribution in [-0.4, -0.2) is 24.9 Å². The third kappa shape index (κ3) is 7.40. The molecule has 0 aliphatic heterocycles. The van der Waals surface area contributed by atoms with Gasteiger partial charge in [0.05, 0.1) is 11.4 Å². The maximum Gasteiger partial charge on any atom is 0.164 e. The standard InChI is InChI=1S/C61H37N5S2/c1-3-13-38(14-4-1)39-25-27-40(28-26-39)52-37-53(63-58(62-52)41-15-5-2-6-16-41)44-19-11-17-42(33-44)43-18-12-20-45(34-43)59-64-60(46-29-31-50-48-21-7-9-23-54(48)67-56(50)35-46)66-61(65-59)47-30-32-51-49-22-8-10-24-55(49)68-57(51)36-47/h1-37H. The first-order valence-electron chi connectivity index (χ1n) is 22.5. The summed E-state index contributed by atoms with van der Waals surface area (Å²) in [5.74, 6) is 2.56. The van der Waals surface area contributed by atoms with Crippen LogP contribution in [0.3, 0.4) is 0 Å². The summed E-state index contributed by atoms with van der Waals surface area (Å²) in [4.78, 5) is 25.9. The molecule has 0 aliphatic rings. The van der Waals surface area contributed by atoms with Crippen LogP contribution in [0, 0.1) is 0 Å². The van der Waals surface area contributed by atoms with Crippen molar-refractivity contribution < 1.29 is 0 Å². The highest BCUT2D eigenvalue weighted by atomic mass is 32.1. The summed E-state index contributed by atoms with van der Waals surface area (Å²) in [7, 11) is 0. The predicted molar refractivity (Wildman–Crippen MR) is 285 cm³/mol. The highest BCUT2D eigenvalue weighted by Gasteiger charge is 2.17. The third-order valence-corrected chi connectivity index (χ3v) is 14.8. The van der Waals surface area contributed by atoms with Crippen LogP contribution in [0.15, 0.2) is 224 Å². The molecule has 318 valence electrons. The number of fused-ring (bicyclic) bond motifs is 6. The molecule has 0 atom stereocenters. The van der Waals surface area contributed by atoms with E-state index in [0.29, 0.717) is 23.3 Å². The van der Waals surface area contributed by atoms with Gasteiger partial charge in [0, 0.05) is 73.7 Å². The van der Waals surface area contributed by atoms with Gasteiger partial charge in [-0.05, 0) is 64.7 Å². The van der Waals surface area contributed by atoms with Crippen molar-refractivity contribution in [3.63, 3.8) is 0 Å². The van der Waals surface area contributed by atoms with E-state index in [1.165, 1.54) is 45.9 Å². The Morgan fingerprint density at radius 3 is 1.15 bits per heavy atom. The zero-order chi connectivity index (χ0) is 45.0. The molecule has 4 aromatic heterocycles. The lowest BCUT2D eigenvalue weighted by atomic mass is 9.98. The number of aromatic nitrogens is 5. The van der Waals surface area contributed by atoms with Gasteiger partial charge in [-0.3, -0.25) is 0 Å². The van der Waals surface area contributed by atoms with Gasteiger partial charge in [0.2, 0.25) is 0 Å². The lowest BCUT2D eigenvalue weighted by Crippen LogP contribution is -2.00. The maximum atomic E-state index is 5.22. The van der Waals surface area contributed by atoms with E-state index < -0.39 is 0 Å². The van der Waals surface area contributed by atoms with Gasteiger partial charge in [-0.25, -0.2) is 24.9 Å². The first-order chi connectivity index (χ1) is 33.6. The van der Waals surface area contributed by atoms with Crippen LogP contribution in [0.25, 0.3) is 131 Å². The van der Waals surface area contributed by atoms with Crippen LogP contribution in [0.5, 0.6) is 0 Å². The van der Waals surface area contributed by atoms with Gasteiger partial charge in [0.25, 0.3) is 0 Å². The fourth-order valence-corrected chi connectivity index (χ4v) is 11.4. The minimum Gasteiger partial charge on any atom is -0.228 e. The van der Waals surface area contributed by atoms with Gasteiger partial charge in [-0.1, -0.05) is 182 Å². The van der Waals surface area contributed by atoms with E-state index in [1.807, 2.05) is 24.3 Å². The van der Waals surface area contributed by atoms with Crippen LogP contribution in [0.4, 0.5) is 0 Å². The predicted octanol–water partition coefficient (Wildman–Crippen LogP) is 16.7. The molecule has 0 N–H and O–H groups in total. The van der Waals surface area contributed by atoms with Gasteiger partial charge in [0.1, 0.15) is 0 Å². The minimum atomic E-state index is 0.613. The van der Waals surface area contributed by atoms with Gasteiger partial charge < -0.3 is 0 Å². The zero-order valence-corrected chi connectivity index (χ0v) is 38.0. The Labute approximate surface area is 400 Å². The maximum absolute atomic E-state index is 5.22. The fourth-order valence-electron chi connectivity index (χ4n) is 9.11. The molecule has 0 amide bonds. The van der Waals surface area contributed by atoms with Crippen molar-refractivity contribution in [3.8, 4) is 90.3 Å². The molecule has 7 heteroatoms. The summed E-state index contributed by atoms with van der Waals surface area (Å²) in [6.07, 6.45) is 0. The smallest absolute Gasteiger partial charge is 0.164 e. The number of hydrogen-bond acceptors (Lipinski definition) is 7. The average Bonchev–Trinajstić information content (AvgIpc) is 3.99. The lowest BCUT2D eigenvalue weighted by molar-refractivity contribution is 1.08. The Hall–Kier alpha value is -8.49. The topological polar surface area (TPSA) is 64.5 Å². The molecule has 0 radical (unpaired) electrons. The molecular formula is C61H37N5S2. The number of nitrogens with zero attached hydrogens (tertiary/aromatic N) is 5. The van der Waals surface area contributed by atoms with Gasteiger partial charge in [0.15, 0.2) is 23.3 Å². The molecule has 13 aromatic rings. The van der Waals surface area contributed by atoms with Crippen molar-refractivity contribution in [2.75, 3.05) is 0 Å². The number of hydrogen-bond donors (Lipinski definition) is 0. The van der Waals surface area contributed by atoms with Crippen molar-refractivity contribution >= 4 is 63.0 Å². The molecule has 0 bridgehead atoms. The largest absolute Gasteiger partial charge is 0.228 e. The molecule has 5 nitrogen and oxygen atoms in total. The van der Waals surface area contributed by atoms with E-state index in [2.05, 4.69) is 200 Å². The Kier molecular flexibility index (Phi) is 9.81. The fraction of sp³-hybridized carbons (Fsp3) is 0. The first kappa shape index (κ1) is 39.8. The van der Waals surface area contributed by atoms with E-state index in [0.717, 1.165) is 61.5 Å². The van der Waals surface area contributed by atoms with Gasteiger partial charge >= 0.3 is 0 Å². The lowest BCUT2D eigenvalue weighted by Gasteiger charge is -2.12. The second-order valence-corrected chi connectivity index (χ2v) is 19.0. The number of rotatable bonds is 8. The first-order valence-corrected chi connectivity index (χ1v) is 24.2. The van der Waals surface area contributed by atoms with E-state index in [4.69, 9.17) is 24.9 Å². The quantitative estimate of drug-likeness (QED) is 0.152. The van der Waals surface area contributed by atoms with E-state index in [1.54, 1.807) is 22.7 Å². The normalized spacial score (nSPS) is 11.5. The highest BCUT2D eigenvalue weighted by Crippen LogP contribution is 2.39. The van der Waals surface area contributed by atoms with E-state index >= 15 is 0 Å². The van der Waals surface area contributed by atoms with Crippen LogP contribution >= 0.6 is 22.7 Å². The van der Waals surface area contributed by atoms with E-state index in [-0.39, 0.29) is 0 Å². The van der Waals surface area contributed by atoms with Crippen LogP contribution in [0.2, 0.25) is 0 Å². The van der Waals surface area contributed by atoms with Crippen LogP contribution in [0.1, 0.15) is 0 Å². The molecule has 4 heterocycles. The van der Waals surface area contributed by atoms with Crippen molar-refractivity contribution in [3.05, 3.63) is 224 Å². The second-order valence-electron chi connectivity index (χ2n) is 16.9. The third-order valence-electron chi connectivity index (χ3n) is 12.6. The molecule has 13 rings (SSSR count). The molecule has 0 aliphatic carbocycles. The van der Waals surface area contributed by atoms with Crippen molar-refractivity contribution in [2.45, 2.75) is 0 Å². The summed E-state index contributed by atoms with van der Waals surface area (Å²) in [5.41, 5.74) is 11.9. The SMILES string of the molecule is c1ccc(-c2ccc(-c3cc(-c4cccc(-c5cccc(-c6nc(-c7ccc8c(c7)sc7ccccc78)nc(-c7ccc8c(c7)sc7ccccc78)n6)c5)c4)nc(-c4ccccc4)n3)cc2)cc1. The number of benzene rings is 9. The molecular weight excluding hydrogens is 867 g/mol. The highest BCUT2D eigenvalue weighted by molar-refractivity contribution is 7.26. The zero-order valence-electron chi connectivity index (χ0n) is 36.4. The molecule has 0 fully saturated rings. The van der Waals surface area contributed by atoms with Gasteiger partial charge in [-0.2, -0.15) is 0 Å². The molecule has 9 aromatic carbocycles. The summed E-state index contributed by atoms with van der Waals surface area (Å²) in [5, 5.41) is 5.00. The molecule has 0 saturated carbocycles. The van der Waals surface area contributed by atoms with Crippen LogP contribution < -0.4 is 0 Å². The minimum absolute atomic E-state index is 0.613. The molecule has 0 saturated heterocycles. The summed E-state index contributed by atoms with van der Waals surface area (Å²) >= 11 is 3.59. The Morgan fingerprint density at radius 2 is 0.574 bits per heavy atom. The summed E-state index contributed by atoms with van der Waals surface area (Å²) in [6.45, 7) is 0. The summed E-state index contributed by atoms with van der Waals surface area (Å²) < 4.78 is 4.93. The molecule has 0 spiro atoms. The molecule has 0 unspecified atom stereocenters. The van der Waals surface area contributed by atoms with Crippen molar-refractivity contribution in [1.82, 2.24) is 24.9 Å². The monoisotopic (exact) mass is 903 g/mol. The Balaban J connectivity index is 0.902. The summed E-state index contributed by atoms with van der Waals surface area (Å²) in [6, 6.07) is 78.7. The van der Waals surface area contributed by atoms with Gasteiger partial charge in [-0.15, -0.1) is 22.7 Å². The Morgan fingerprint density at radius 1 is 0.206 bits per heavy atom. The van der Waals surface area contributed by atoms with Crippen LogP contribution in [-0.2, 0) is 0 Å². The second kappa shape index (κ2) is 16.7. The Bertz CT molecular complexity index is 3900. The van der Waals surface area contributed by atoms with E-state index in [9.17, 15) is 0 Å². The number of thiophene rings is 2.